The largest absolute Gasteiger partial charge is 0.294 e. The van der Waals surface area contributed by atoms with Gasteiger partial charge >= 0.3 is 0 Å². The second-order valence-corrected chi connectivity index (χ2v) is 5.17. The van der Waals surface area contributed by atoms with E-state index < -0.39 is 11.6 Å². The molecular formula is C15H10Cl2F2O. The van der Waals surface area contributed by atoms with Crippen LogP contribution in [0.5, 0.6) is 0 Å². The Bertz CT molecular complexity index is 636. The molecule has 0 aliphatic heterocycles. The van der Waals surface area contributed by atoms with Crippen LogP contribution in [0.3, 0.4) is 0 Å². The zero-order valence-corrected chi connectivity index (χ0v) is 11.8. The van der Waals surface area contributed by atoms with Gasteiger partial charge in [0, 0.05) is 17.0 Å². The average Bonchev–Trinajstić information content (AvgIpc) is 2.35. The molecule has 2 aromatic carbocycles. The van der Waals surface area contributed by atoms with Crippen molar-refractivity contribution in [2.45, 2.75) is 12.8 Å². The summed E-state index contributed by atoms with van der Waals surface area (Å²) in [6, 6.07) is 7.74. The predicted octanol–water partition coefficient (Wildman–Crippen LogP) is 5.09. The monoisotopic (exact) mass is 314 g/mol. The van der Waals surface area contributed by atoms with Gasteiger partial charge in [-0.05, 0) is 48.4 Å². The number of hydrogen-bond acceptors (Lipinski definition) is 1. The van der Waals surface area contributed by atoms with Crippen LogP contribution in [0.1, 0.15) is 22.3 Å². The number of carbonyl (C=O) groups is 1. The van der Waals surface area contributed by atoms with Crippen molar-refractivity contribution >= 4 is 29.0 Å². The molecule has 0 aliphatic rings. The fourth-order valence-corrected chi connectivity index (χ4v) is 2.38. The summed E-state index contributed by atoms with van der Waals surface area (Å²) in [5.74, 6) is -1.17. The molecule has 20 heavy (non-hydrogen) atoms. The highest BCUT2D eigenvalue weighted by atomic mass is 35.5. The molecule has 0 spiro atoms. The lowest BCUT2D eigenvalue weighted by Gasteiger charge is -2.05. The van der Waals surface area contributed by atoms with Crippen LogP contribution in [0.25, 0.3) is 0 Å². The maximum Gasteiger partial charge on any atom is 0.164 e. The van der Waals surface area contributed by atoms with Crippen LogP contribution < -0.4 is 0 Å². The Balaban J connectivity index is 2.08. The Morgan fingerprint density at radius 1 is 1.00 bits per heavy atom. The van der Waals surface area contributed by atoms with Crippen LogP contribution in [-0.2, 0) is 6.42 Å². The zero-order valence-electron chi connectivity index (χ0n) is 10.3. The molecule has 0 amide bonds. The Morgan fingerprint density at radius 3 is 2.40 bits per heavy atom. The third-order valence-electron chi connectivity index (χ3n) is 2.79. The smallest absolute Gasteiger partial charge is 0.164 e. The number of aryl methyl sites for hydroxylation is 1. The van der Waals surface area contributed by atoms with Crippen molar-refractivity contribution in [3.63, 3.8) is 0 Å². The second kappa shape index (κ2) is 6.33. The maximum absolute atomic E-state index is 13.2. The van der Waals surface area contributed by atoms with Gasteiger partial charge in [-0.2, -0.15) is 0 Å². The van der Waals surface area contributed by atoms with E-state index in [0.717, 1.165) is 6.07 Å². The summed E-state index contributed by atoms with van der Waals surface area (Å²) in [5.41, 5.74) is 0.886. The third kappa shape index (κ3) is 3.78. The van der Waals surface area contributed by atoms with Crippen LogP contribution in [0, 0.1) is 11.6 Å². The minimum absolute atomic E-state index is 0.0762. The number of Topliss-reactive ketones (excluding diaryl/α,β-unsaturated/α-hetero) is 1. The van der Waals surface area contributed by atoms with E-state index in [1.54, 1.807) is 6.07 Å². The highest BCUT2D eigenvalue weighted by Crippen LogP contribution is 2.21. The topological polar surface area (TPSA) is 17.1 Å². The molecule has 1 nitrogen and oxygen atoms in total. The number of halogens is 4. The van der Waals surface area contributed by atoms with Crippen molar-refractivity contribution in [3.05, 3.63) is 69.2 Å². The van der Waals surface area contributed by atoms with Gasteiger partial charge in [0.05, 0.1) is 5.02 Å². The van der Waals surface area contributed by atoms with E-state index in [-0.39, 0.29) is 27.8 Å². The highest BCUT2D eigenvalue weighted by molar-refractivity contribution is 6.34. The Kier molecular flexibility index (Phi) is 4.73. The van der Waals surface area contributed by atoms with Crippen molar-refractivity contribution in [1.29, 1.82) is 0 Å². The molecule has 0 bridgehead atoms. The summed E-state index contributed by atoms with van der Waals surface area (Å²) in [5, 5.41) is 0.361. The first-order valence-corrected chi connectivity index (χ1v) is 6.64. The van der Waals surface area contributed by atoms with Crippen LogP contribution in [0.4, 0.5) is 8.78 Å². The van der Waals surface area contributed by atoms with Crippen LogP contribution >= 0.6 is 23.2 Å². The van der Waals surface area contributed by atoms with E-state index in [2.05, 4.69) is 0 Å². The first-order valence-electron chi connectivity index (χ1n) is 5.89. The summed E-state index contributed by atoms with van der Waals surface area (Å²) < 4.78 is 26.1. The minimum atomic E-state index is -0.497. The summed E-state index contributed by atoms with van der Waals surface area (Å²) in [6.45, 7) is 0. The molecule has 2 rings (SSSR count). The molecule has 0 aliphatic carbocycles. The summed E-state index contributed by atoms with van der Waals surface area (Å²) in [7, 11) is 0. The van der Waals surface area contributed by atoms with Crippen molar-refractivity contribution in [1.82, 2.24) is 0 Å². The van der Waals surface area contributed by atoms with Gasteiger partial charge in [0.2, 0.25) is 0 Å². The molecule has 0 radical (unpaired) electrons. The molecule has 0 heterocycles. The molecule has 0 N–H and O–H groups in total. The fourth-order valence-electron chi connectivity index (χ4n) is 1.86. The fraction of sp³-hybridized carbons (Fsp3) is 0.133. The summed E-state index contributed by atoms with van der Waals surface area (Å²) in [4.78, 5) is 12.0. The number of carbonyl (C=O) groups excluding carboxylic acids is 1. The number of hydrogen-bond donors (Lipinski definition) is 0. The predicted molar refractivity (Wildman–Crippen MR) is 75.5 cm³/mol. The number of benzene rings is 2. The Hall–Kier alpha value is -1.45. The highest BCUT2D eigenvalue weighted by Gasteiger charge is 2.11. The van der Waals surface area contributed by atoms with E-state index in [1.807, 2.05) is 0 Å². The van der Waals surface area contributed by atoms with Crippen molar-refractivity contribution < 1.29 is 13.6 Å². The first kappa shape index (κ1) is 14.9. The van der Waals surface area contributed by atoms with Gasteiger partial charge in [0.25, 0.3) is 0 Å². The van der Waals surface area contributed by atoms with Gasteiger partial charge < -0.3 is 0 Å². The quantitative estimate of drug-likeness (QED) is 0.719. The Morgan fingerprint density at radius 2 is 1.75 bits per heavy atom. The van der Waals surface area contributed by atoms with Gasteiger partial charge in [0.1, 0.15) is 11.6 Å². The summed E-state index contributed by atoms with van der Waals surface area (Å²) >= 11 is 11.6. The molecule has 0 atom stereocenters. The standard InChI is InChI=1S/C15H10Cl2F2O/c16-10-5-9(6-12(19)7-10)1-4-15(20)13-3-2-11(18)8-14(13)17/h2-3,5-8H,1,4H2. The lowest BCUT2D eigenvalue weighted by Crippen LogP contribution is -2.02. The van der Waals surface area contributed by atoms with E-state index in [9.17, 15) is 13.6 Å². The van der Waals surface area contributed by atoms with E-state index in [0.29, 0.717) is 12.0 Å². The minimum Gasteiger partial charge on any atom is -0.294 e. The number of ketones is 1. The van der Waals surface area contributed by atoms with Crippen molar-refractivity contribution in [2.75, 3.05) is 0 Å². The second-order valence-electron chi connectivity index (χ2n) is 4.33. The van der Waals surface area contributed by atoms with Gasteiger partial charge in [0.15, 0.2) is 5.78 Å². The molecule has 0 fully saturated rings. The average molecular weight is 315 g/mol. The zero-order chi connectivity index (χ0) is 14.7. The first-order chi connectivity index (χ1) is 9.45. The maximum atomic E-state index is 13.2. The molecule has 0 saturated heterocycles. The van der Waals surface area contributed by atoms with Gasteiger partial charge in [-0.15, -0.1) is 0 Å². The molecule has 0 aromatic heterocycles. The summed E-state index contributed by atoms with van der Waals surface area (Å²) in [6.07, 6.45) is 0.481. The van der Waals surface area contributed by atoms with E-state index in [4.69, 9.17) is 23.2 Å². The van der Waals surface area contributed by atoms with Gasteiger partial charge in [-0.1, -0.05) is 23.2 Å². The third-order valence-corrected chi connectivity index (χ3v) is 3.33. The van der Waals surface area contributed by atoms with Crippen molar-refractivity contribution in [2.24, 2.45) is 0 Å². The lowest BCUT2D eigenvalue weighted by molar-refractivity contribution is 0.0983. The van der Waals surface area contributed by atoms with Crippen LogP contribution in [0.2, 0.25) is 10.0 Å². The molecule has 0 saturated carbocycles. The molecule has 5 heteroatoms. The van der Waals surface area contributed by atoms with Gasteiger partial charge in [-0.25, -0.2) is 8.78 Å². The molecule has 0 unspecified atom stereocenters. The van der Waals surface area contributed by atoms with Crippen LogP contribution in [-0.4, -0.2) is 5.78 Å². The molecule has 2 aromatic rings. The van der Waals surface area contributed by atoms with E-state index >= 15 is 0 Å². The van der Waals surface area contributed by atoms with Crippen molar-refractivity contribution in [3.8, 4) is 0 Å². The van der Waals surface area contributed by atoms with Crippen LogP contribution in [0.15, 0.2) is 36.4 Å². The van der Waals surface area contributed by atoms with Gasteiger partial charge in [-0.3, -0.25) is 4.79 Å². The number of rotatable bonds is 4. The lowest BCUT2D eigenvalue weighted by atomic mass is 10.0. The Labute approximate surface area is 125 Å². The van der Waals surface area contributed by atoms with E-state index in [1.165, 1.54) is 24.3 Å². The normalized spacial score (nSPS) is 10.6. The molecular weight excluding hydrogens is 305 g/mol. The SMILES string of the molecule is O=C(CCc1cc(F)cc(Cl)c1)c1ccc(F)cc1Cl. The molecule has 104 valence electrons.